The number of ether oxygens (including phenoxy) is 1. The van der Waals surface area contributed by atoms with Crippen molar-refractivity contribution >= 4 is 27.6 Å². The van der Waals surface area contributed by atoms with Crippen LogP contribution in [0.3, 0.4) is 0 Å². The first-order chi connectivity index (χ1) is 20.7. The van der Waals surface area contributed by atoms with Crippen molar-refractivity contribution in [3.05, 3.63) is 114 Å². The van der Waals surface area contributed by atoms with Gasteiger partial charge in [-0.05, 0) is 59.7 Å². The molecule has 0 bridgehead atoms. The summed E-state index contributed by atoms with van der Waals surface area (Å²) < 4.78 is 61.7. The Morgan fingerprint density at radius 2 is 1.60 bits per heavy atom. The van der Waals surface area contributed by atoms with Crippen LogP contribution in [0.5, 0.6) is 0 Å². The number of carbonyl (C=O) groups is 2. The van der Waals surface area contributed by atoms with Crippen LogP contribution in [-0.2, 0) is 21.3 Å². The highest BCUT2D eigenvalue weighted by Crippen LogP contribution is 2.28. The van der Waals surface area contributed by atoms with Crippen LogP contribution in [-0.4, -0.2) is 62.9 Å². The van der Waals surface area contributed by atoms with Crippen LogP contribution in [0.25, 0.3) is 11.1 Å². The molecule has 1 amide bonds. The van der Waals surface area contributed by atoms with Gasteiger partial charge in [0.2, 0.25) is 10.0 Å². The monoisotopic (exact) mass is 606 g/mol. The molecule has 1 aliphatic rings. The lowest BCUT2D eigenvalue weighted by Gasteiger charge is -2.35. The molecule has 222 valence electrons. The largest absolute Gasteiger partial charge is 0.465 e. The molecule has 1 fully saturated rings. The van der Waals surface area contributed by atoms with E-state index in [1.54, 1.807) is 12.4 Å². The molecule has 1 aliphatic heterocycles. The molecule has 1 aromatic heterocycles. The molecule has 9 nitrogen and oxygen atoms in total. The Morgan fingerprint density at radius 3 is 2.26 bits per heavy atom. The molecule has 4 aromatic rings. The fourth-order valence-corrected chi connectivity index (χ4v) is 6.30. The number of hydrogen-bond acceptors (Lipinski definition) is 7. The van der Waals surface area contributed by atoms with Crippen LogP contribution in [0.1, 0.15) is 26.3 Å². The highest BCUT2D eigenvalue weighted by atomic mass is 32.2. The number of methoxy groups -OCH3 is 1. The lowest BCUT2D eigenvalue weighted by Crippen LogP contribution is -2.48. The van der Waals surface area contributed by atoms with Crippen molar-refractivity contribution in [2.24, 2.45) is 0 Å². The van der Waals surface area contributed by atoms with E-state index >= 15 is 0 Å². The molecule has 3 aromatic carbocycles. The molecule has 0 atom stereocenters. The Labute approximate surface area is 247 Å². The molecular weight excluding hydrogens is 578 g/mol. The summed E-state index contributed by atoms with van der Waals surface area (Å²) in [4.78, 5) is 31.0. The number of piperazine rings is 1. The van der Waals surface area contributed by atoms with Gasteiger partial charge in [-0.15, -0.1) is 0 Å². The Morgan fingerprint density at radius 1 is 0.907 bits per heavy atom. The highest BCUT2D eigenvalue weighted by Gasteiger charge is 2.29. The van der Waals surface area contributed by atoms with Crippen molar-refractivity contribution in [1.82, 2.24) is 14.6 Å². The van der Waals surface area contributed by atoms with Crippen molar-refractivity contribution in [2.75, 3.05) is 38.2 Å². The number of rotatable bonds is 8. The number of sulfonamides is 1. The van der Waals surface area contributed by atoms with Crippen molar-refractivity contribution in [3.63, 3.8) is 0 Å². The lowest BCUT2D eigenvalue weighted by molar-refractivity contribution is 0.0596. The predicted molar refractivity (Wildman–Crippen MR) is 156 cm³/mol. The quantitative estimate of drug-likeness (QED) is 0.299. The minimum Gasteiger partial charge on any atom is -0.465 e. The van der Waals surface area contributed by atoms with E-state index in [0.717, 1.165) is 24.9 Å². The second kappa shape index (κ2) is 12.7. The number of nitrogens with one attached hydrogen (secondary N) is 1. The summed E-state index contributed by atoms with van der Waals surface area (Å²) in [6, 6.07) is 17.5. The first-order valence-corrected chi connectivity index (χ1v) is 14.8. The van der Waals surface area contributed by atoms with Crippen molar-refractivity contribution < 1.29 is 31.5 Å². The van der Waals surface area contributed by atoms with Gasteiger partial charge in [-0.2, -0.15) is 4.31 Å². The summed E-state index contributed by atoms with van der Waals surface area (Å²) in [6.07, 6.45) is 3.39. The Balaban J connectivity index is 1.21. The van der Waals surface area contributed by atoms with E-state index in [1.807, 2.05) is 12.1 Å². The van der Waals surface area contributed by atoms with Gasteiger partial charge in [0, 0.05) is 61.9 Å². The van der Waals surface area contributed by atoms with Gasteiger partial charge in [0.25, 0.3) is 5.91 Å². The molecule has 0 radical (unpaired) electrons. The number of anilines is 1. The molecular formula is C31H28F2N4O5S. The van der Waals surface area contributed by atoms with Crippen molar-refractivity contribution in [3.8, 4) is 11.1 Å². The van der Waals surface area contributed by atoms with Gasteiger partial charge in [-0.25, -0.2) is 22.0 Å². The second-order valence-electron chi connectivity index (χ2n) is 9.76. The standard InChI is InChI=1S/C31H28F2N4O5S/c1-42-31(39)29-26(3-2-4-27(29)32)22-5-6-23(28(33)19-22)20-35-30(38)21-7-9-25(10-8-21)43(40,41)37-17-15-36(16-18-37)24-11-13-34-14-12-24/h2-14,19H,15-18,20H2,1H3,(H,35,38). The summed E-state index contributed by atoms with van der Waals surface area (Å²) in [6.45, 7) is 1.56. The number of hydrogen-bond donors (Lipinski definition) is 1. The Hall–Kier alpha value is -4.68. The van der Waals surface area contributed by atoms with E-state index in [1.165, 1.54) is 52.8 Å². The third-order valence-corrected chi connectivity index (χ3v) is 9.14. The molecule has 5 rings (SSSR count). The van der Waals surface area contributed by atoms with Crippen LogP contribution in [0.4, 0.5) is 14.5 Å². The number of aromatic nitrogens is 1. The molecule has 1 N–H and O–H groups in total. The molecule has 2 heterocycles. The van der Waals surface area contributed by atoms with Crippen LogP contribution in [0.2, 0.25) is 0 Å². The van der Waals surface area contributed by atoms with Crippen LogP contribution in [0.15, 0.2) is 90.1 Å². The van der Waals surface area contributed by atoms with Gasteiger partial charge in [-0.3, -0.25) is 9.78 Å². The predicted octanol–water partition coefficient (Wildman–Crippen LogP) is 4.25. The average Bonchev–Trinajstić information content (AvgIpc) is 3.04. The number of benzene rings is 3. The number of esters is 1. The van der Waals surface area contributed by atoms with Gasteiger partial charge < -0.3 is 15.0 Å². The van der Waals surface area contributed by atoms with Crippen LogP contribution < -0.4 is 10.2 Å². The summed E-state index contributed by atoms with van der Waals surface area (Å²) >= 11 is 0. The van der Waals surface area contributed by atoms with E-state index in [2.05, 4.69) is 19.9 Å². The topological polar surface area (TPSA) is 109 Å². The van der Waals surface area contributed by atoms with Gasteiger partial charge >= 0.3 is 5.97 Å². The zero-order valence-electron chi connectivity index (χ0n) is 23.2. The molecule has 43 heavy (non-hydrogen) atoms. The second-order valence-corrected chi connectivity index (χ2v) is 11.7. The van der Waals surface area contributed by atoms with E-state index in [0.29, 0.717) is 26.2 Å². The summed E-state index contributed by atoms with van der Waals surface area (Å²) in [7, 11) is -2.62. The number of halogens is 2. The molecule has 0 unspecified atom stereocenters. The average molecular weight is 607 g/mol. The number of nitrogens with zero attached hydrogens (tertiary/aromatic N) is 3. The molecule has 0 spiro atoms. The third kappa shape index (κ3) is 6.40. The minimum absolute atomic E-state index is 0.0757. The van der Waals surface area contributed by atoms with Crippen LogP contribution >= 0.6 is 0 Å². The maximum atomic E-state index is 14.9. The smallest absolute Gasteiger partial charge is 0.341 e. The zero-order valence-corrected chi connectivity index (χ0v) is 24.0. The maximum absolute atomic E-state index is 14.9. The van der Waals surface area contributed by atoms with Gasteiger partial charge in [-0.1, -0.05) is 24.3 Å². The summed E-state index contributed by atoms with van der Waals surface area (Å²) in [5.74, 6) is -2.85. The number of amides is 1. The molecule has 0 saturated carbocycles. The highest BCUT2D eigenvalue weighted by molar-refractivity contribution is 7.89. The minimum atomic E-state index is -3.75. The third-order valence-electron chi connectivity index (χ3n) is 7.23. The first kappa shape index (κ1) is 29.8. The Kier molecular flexibility index (Phi) is 8.78. The van der Waals surface area contributed by atoms with E-state index in [-0.39, 0.29) is 39.3 Å². The molecule has 1 saturated heterocycles. The molecule has 0 aliphatic carbocycles. The zero-order chi connectivity index (χ0) is 30.6. The fourth-order valence-electron chi connectivity index (χ4n) is 4.88. The van der Waals surface area contributed by atoms with Crippen molar-refractivity contribution in [1.29, 1.82) is 0 Å². The lowest BCUT2D eigenvalue weighted by atomic mass is 9.98. The maximum Gasteiger partial charge on any atom is 0.341 e. The van der Waals surface area contributed by atoms with Crippen LogP contribution in [0, 0.1) is 11.6 Å². The van der Waals surface area contributed by atoms with E-state index in [9.17, 15) is 26.8 Å². The van der Waals surface area contributed by atoms with Gasteiger partial charge in [0.05, 0.1) is 12.0 Å². The molecule has 12 heteroatoms. The summed E-state index contributed by atoms with van der Waals surface area (Å²) in [5, 5.41) is 2.62. The number of carbonyl (C=O) groups excluding carboxylic acids is 2. The van der Waals surface area contributed by atoms with Crippen molar-refractivity contribution in [2.45, 2.75) is 11.4 Å². The SMILES string of the molecule is COC(=O)c1c(F)cccc1-c1ccc(CNC(=O)c2ccc(S(=O)(=O)N3CCN(c4ccncc4)CC3)cc2)c(F)c1. The fraction of sp³-hybridized carbons (Fsp3) is 0.194. The van der Waals surface area contributed by atoms with Gasteiger partial charge in [0.15, 0.2) is 0 Å². The van der Waals surface area contributed by atoms with E-state index in [4.69, 9.17) is 0 Å². The Bertz CT molecular complexity index is 1740. The van der Waals surface area contributed by atoms with E-state index < -0.39 is 33.5 Å². The normalized spacial score (nSPS) is 13.9. The first-order valence-electron chi connectivity index (χ1n) is 13.4. The van der Waals surface area contributed by atoms with Gasteiger partial charge in [0.1, 0.15) is 17.2 Å². The summed E-state index contributed by atoms with van der Waals surface area (Å²) in [5.41, 5.74) is 1.50. The number of pyridine rings is 1.